The Morgan fingerprint density at radius 3 is 2.27 bits per heavy atom. The molecule has 0 amide bonds. The topological polar surface area (TPSA) is 53.8 Å². The zero-order valence-corrected chi connectivity index (χ0v) is 15.4. The molecule has 10 heteroatoms. The highest BCUT2D eigenvalue weighted by molar-refractivity contribution is 7.91. The standard InChI is InChI=1S/C16H18F5N3OS/c1-9(2)7-26(25)13-6-12(10(3)5-11(13)4)24-8-22-14(23-24)15(17,18)16(19,20)21/h5-6,8-9H,7H2,1-4H3. The lowest BCUT2D eigenvalue weighted by Gasteiger charge is -2.17. The lowest BCUT2D eigenvalue weighted by Crippen LogP contribution is -2.34. The van der Waals surface area contributed by atoms with E-state index in [4.69, 9.17) is 0 Å². The molecule has 2 aromatic rings. The van der Waals surface area contributed by atoms with Gasteiger partial charge in [-0.1, -0.05) is 13.8 Å². The molecular weight excluding hydrogens is 377 g/mol. The van der Waals surface area contributed by atoms with Crippen molar-refractivity contribution >= 4 is 11.2 Å². The van der Waals surface area contributed by atoms with Crippen molar-refractivity contribution in [2.24, 2.45) is 5.92 Å². The van der Waals surface area contributed by atoms with E-state index >= 15 is 0 Å². The first-order valence-corrected chi connectivity index (χ1v) is 9.03. The minimum atomic E-state index is -5.79. The number of hydrogen-bond acceptors (Lipinski definition) is 3. The van der Waals surface area contributed by atoms with Crippen molar-refractivity contribution in [1.82, 2.24) is 14.8 Å². The summed E-state index contributed by atoms with van der Waals surface area (Å²) in [6, 6.07) is 3.18. The summed E-state index contributed by atoms with van der Waals surface area (Å²) < 4.78 is 77.5. The predicted octanol–water partition coefficient (Wildman–Crippen LogP) is 4.30. The molecule has 0 fully saturated rings. The van der Waals surface area contributed by atoms with Crippen LogP contribution in [0.1, 0.15) is 30.8 Å². The van der Waals surface area contributed by atoms with Crippen LogP contribution in [0, 0.1) is 19.8 Å². The second-order valence-corrected chi connectivity index (χ2v) is 7.86. The third-order valence-corrected chi connectivity index (χ3v) is 5.50. The first kappa shape index (κ1) is 20.6. The normalized spacial score (nSPS) is 14.1. The van der Waals surface area contributed by atoms with Gasteiger partial charge in [-0.25, -0.2) is 9.67 Å². The Morgan fingerprint density at radius 2 is 1.73 bits per heavy atom. The van der Waals surface area contributed by atoms with Crippen LogP contribution in [0.5, 0.6) is 0 Å². The Labute approximate surface area is 150 Å². The van der Waals surface area contributed by atoms with Gasteiger partial charge in [-0.3, -0.25) is 0 Å². The average molecular weight is 395 g/mol. The molecule has 0 saturated heterocycles. The van der Waals surface area contributed by atoms with E-state index in [2.05, 4.69) is 10.1 Å². The number of aryl methyl sites for hydroxylation is 2. The Balaban J connectivity index is 2.47. The molecule has 4 nitrogen and oxygen atoms in total. The Bertz CT molecular complexity index is 789. The average Bonchev–Trinajstić information content (AvgIpc) is 2.95. The predicted molar refractivity (Wildman–Crippen MR) is 86.9 cm³/mol. The molecule has 0 N–H and O–H groups in total. The minimum absolute atomic E-state index is 0.170. The van der Waals surface area contributed by atoms with Crippen LogP contribution >= 0.6 is 0 Å². The Hall–Kier alpha value is -1.68. The summed E-state index contributed by atoms with van der Waals surface area (Å²) in [5, 5.41) is 3.31. The van der Waals surface area contributed by atoms with Crippen molar-refractivity contribution in [2.45, 2.75) is 44.7 Å². The number of aromatic nitrogens is 3. The molecule has 0 radical (unpaired) electrons. The molecule has 0 aliphatic carbocycles. The third-order valence-electron chi connectivity index (χ3n) is 3.60. The van der Waals surface area contributed by atoms with Crippen LogP contribution in [0.25, 0.3) is 5.69 Å². The zero-order valence-electron chi connectivity index (χ0n) is 14.6. The van der Waals surface area contributed by atoms with Gasteiger partial charge in [-0.2, -0.15) is 22.0 Å². The van der Waals surface area contributed by atoms with E-state index in [1.165, 1.54) is 6.07 Å². The van der Waals surface area contributed by atoms with Crippen molar-refractivity contribution in [2.75, 3.05) is 5.75 Å². The quantitative estimate of drug-likeness (QED) is 0.560. The van der Waals surface area contributed by atoms with Gasteiger partial charge in [0.15, 0.2) is 4.90 Å². The van der Waals surface area contributed by atoms with Crippen molar-refractivity contribution in [3.63, 3.8) is 0 Å². The molecule has 1 aromatic heterocycles. The fourth-order valence-corrected chi connectivity index (χ4v) is 3.80. The molecule has 144 valence electrons. The third kappa shape index (κ3) is 4.01. The fraction of sp³-hybridized carbons (Fsp3) is 0.500. The first-order valence-electron chi connectivity index (χ1n) is 7.71. The van der Waals surface area contributed by atoms with Gasteiger partial charge in [0.25, 0.3) is 0 Å². The van der Waals surface area contributed by atoms with Gasteiger partial charge in [-0.05, 0) is 42.6 Å². The molecule has 0 bridgehead atoms. The highest BCUT2D eigenvalue weighted by atomic mass is 32.2. The van der Waals surface area contributed by atoms with E-state index in [0.29, 0.717) is 16.2 Å². The molecule has 0 aliphatic heterocycles. The van der Waals surface area contributed by atoms with Gasteiger partial charge in [0.1, 0.15) is 12.1 Å². The maximum atomic E-state index is 13.4. The van der Waals surface area contributed by atoms with Crippen LogP contribution in [0.3, 0.4) is 0 Å². The van der Waals surface area contributed by atoms with Gasteiger partial charge in [0, 0.05) is 11.6 Å². The molecular formula is C16H18F5N3OS. The maximum absolute atomic E-state index is 13.4. The van der Waals surface area contributed by atoms with E-state index in [9.17, 15) is 26.5 Å². The number of nitrogens with zero attached hydrogens (tertiary/aromatic N) is 3. The van der Waals surface area contributed by atoms with E-state index in [1.54, 1.807) is 19.9 Å². The molecule has 1 atom stereocenters. The minimum Gasteiger partial charge on any atom is -0.611 e. The summed E-state index contributed by atoms with van der Waals surface area (Å²) >= 11 is -1.33. The second kappa shape index (κ2) is 7.15. The number of alkyl halides is 5. The van der Waals surface area contributed by atoms with Crippen LogP contribution < -0.4 is 0 Å². The van der Waals surface area contributed by atoms with Crippen molar-refractivity contribution < 1.29 is 26.5 Å². The van der Waals surface area contributed by atoms with Gasteiger partial charge < -0.3 is 4.55 Å². The summed E-state index contributed by atoms with van der Waals surface area (Å²) in [4.78, 5) is 3.61. The highest BCUT2D eigenvalue weighted by Crippen LogP contribution is 2.42. The van der Waals surface area contributed by atoms with Gasteiger partial charge in [-0.15, -0.1) is 5.10 Å². The second-order valence-electron chi connectivity index (χ2n) is 6.40. The Kier molecular flexibility index (Phi) is 5.67. The van der Waals surface area contributed by atoms with Crippen molar-refractivity contribution in [3.8, 4) is 5.69 Å². The summed E-state index contributed by atoms with van der Waals surface area (Å²) in [6.45, 7) is 7.23. The molecule has 0 saturated carbocycles. The van der Waals surface area contributed by atoms with Gasteiger partial charge in [0.2, 0.25) is 5.82 Å². The monoisotopic (exact) mass is 395 g/mol. The number of rotatable bonds is 5. The molecule has 2 rings (SSSR count). The smallest absolute Gasteiger partial charge is 0.461 e. The van der Waals surface area contributed by atoms with Crippen LogP contribution in [-0.2, 0) is 17.1 Å². The van der Waals surface area contributed by atoms with E-state index < -0.39 is 29.1 Å². The molecule has 0 spiro atoms. The van der Waals surface area contributed by atoms with Crippen LogP contribution in [0.15, 0.2) is 23.4 Å². The molecule has 1 aromatic carbocycles. The van der Waals surface area contributed by atoms with Crippen LogP contribution in [-0.4, -0.2) is 31.2 Å². The molecule has 1 unspecified atom stereocenters. The first-order chi connectivity index (χ1) is 11.8. The number of hydrogen-bond donors (Lipinski definition) is 0. The fourth-order valence-electron chi connectivity index (χ4n) is 2.36. The lowest BCUT2D eigenvalue weighted by molar-refractivity contribution is -0.292. The van der Waals surface area contributed by atoms with Gasteiger partial charge in [0.05, 0.1) is 5.69 Å². The zero-order chi connectivity index (χ0) is 19.9. The van der Waals surface area contributed by atoms with E-state index in [1.807, 2.05) is 13.8 Å². The molecule has 0 aliphatic rings. The number of benzene rings is 1. The van der Waals surface area contributed by atoms with Crippen LogP contribution in [0.2, 0.25) is 0 Å². The Morgan fingerprint density at radius 1 is 1.12 bits per heavy atom. The van der Waals surface area contributed by atoms with Crippen molar-refractivity contribution in [1.29, 1.82) is 0 Å². The maximum Gasteiger partial charge on any atom is 0.461 e. The van der Waals surface area contributed by atoms with E-state index in [0.717, 1.165) is 16.6 Å². The summed E-state index contributed by atoms with van der Waals surface area (Å²) in [6.07, 6.45) is -4.99. The summed E-state index contributed by atoms with van der Waals surface area (Å²) in [5.74, 6) is -6.21. The molecule has 26 heavy (non-hydrogen) atoms. The largest absolute Gasteiger partial charge is 0.611 e. The van der Waals surface area contributed by atoms with E-state index in [-0.39, 0.29) is 11.6 Å². The SMILES string of the molecule is Cc1cc(C)c([S+]([O-])CC(C)C)cc1-n1cnc(C(F)(F)C(F)(F)F)n1. The molecule has 1 heterocycles. The summed E-state index contributed by atoms with van der Waals surface area (Å²) in [7, 11) is 0. The van der Waals surface area contributed by atoms with Gasteiger partial charge >= 0.3 is 12.1 Å². The highest BCUT2D eigenvalue weighted by Gasteiger charge is 2.61. The lowest BCUT2D eigenvalue weighted by atomic mass is 10.1. The summed E-state index contributed by atoms with van der Waals surface area (Å²) in [5.41, 5.74) is 1.57. The number of halogens is 5. The van der Waals surface area contributed by atoms with Crippen LogP contribution in [0.4, 0.5) is 22.0 Å². The van der Waals surface area contributed by atoms with Crippen molar-refractivity contribution in [3.05, 3.63) is 35.4 Å².